The molecule has 33 nitrogen and oxygen atoms in total. The highest BCUT2D eigenvalue weighted by Gasteiger charge is 2.53. The number of ketones is 3. The topological polar surface area (TPSA) is 417 Å². The number of aliphatic hydroxyl groups excluding tert-OH is 1. The minimum Gasteiger partial charge on any atom is -0.460 e. The molecule has 0 spiro atoms. The van der Waals surface area contributed by atoms with Crippen molar-refractivity contribution < 1.29 is 115 Å². The summed E-state index contributed by atoms with van der Waals surface area (Å²) in [4.78, 5) is 112. The Morgan fingerprint density at radius 1 is 0.715 bits per heavy atom. The molecule has 6 N–H and O–H groups in total. The maximum Gasteiger partial charge on any atom is 0.329 e. The standard InChI is InChI=1S/C56H87NO15.C28H30N8O4.C13H28O5/c1-34-18-13-12-14-19-35(2)46(67-9)32-42-24-22-40(7)56(65,72-42)53(62)54(63)57-26-16-15-20-43(57)55(64)71-47(33-44(58)36(3)29-39(6)51(61)52(69-11)50(60)38(5)28-34)37(4)30-41-23-25-45(48(31-41)68-10)70-49(59)21-17-27-66-8;1-2-38-9-10-39-15-23(37)35-8-7-18-11-17(3-4-20(18)14-35)13-36-27-24(26(29)31-16-32-27)25(34-36)19-5-6-22-21(12-19)33-28(30)40-22;1-3-5-15-8-9-17-12-13-18-11-10-16-7-6-14-4-2/h12-14,18-19,29,34,36-38,40-43,45-48,51-52,61,65H,15-17,20-28,30-33H2,1-11H3;3-6,11-12,16H,2,7-10,13-15H2,1H3,(H2,30,33)(H2,29,31,32);3-13H2,1-2H3/b14-12+,18-13+,35-19+,39-29+;;/t34-,36-,37-,38-,40-,41+,42+,43+,45-,46+,47+,48-,51-,52+,56-;;/m1../s1. The van der Waals surface area contributed by atoms with Crippen LogP contribution in [0.5, 0.6) is 0 Å². The summed E-state index contributed by atoms with van der Waals surface area (Å²) in [5.74, 6) is -8.21. The molecule has 5 aromatic rings. The highest BCUT2D eigenvalue weighted by Crippen LogP contribution is 2.40. The number of nitrogens with two attached hydrogens (primary N) is 2. The zero-order valence-electron chi connectivity index (χ0n) is 79.0. The SMILES string of the molecule is CCCOCCOCCOCCOCCOCC.CCOCCOCC(=O)N1CCc2cc(Cn3nc(-c4ccc5oc(N)nc5c4)c4c(N)ncnc43)ccc2C1.COCCCC(=O)O[C@@H]1CC[C@@H](C[C@@H](C)[C@@H]2CC(=O)[C@H](C)/C=C(\C)[C@@H](O)[C@@H](OC)C(=O)[C@H](C)C[C@H](C)/C=C/C=C/C=C(\C)[C@@H](OC)C[C@@H]3CC[C@@H](C)[C@@](O)(O3)C(=O)C(=O)N3CCCC[C@H]3C(=O)O2)C[C@H]1OC. The summed E-state index contributed by atoms with van der Waals surface area (Å²) in [6.45, 7) is 29.0. The molecule has 2 saturated heterocycles. The third kappa shape index (κ3) is 32.3. The number of hydrogen-bond acceptors (Lipinski definition) is 30. The third-order valence-corrected chi connectivity index (χ3v) is 24.5. The van der Waals surface area contributed by atoms with Gasteiger partial charge in [-0.05, 0) is 175 Å². The van der Waals surface area contributed by atoms with Gasteiger partial charge in [0.1, 0.15) is 66.2 Å². The van der Waals surface area contributed by atoms with Crippen LogP contribution in [0.1, 0.15) is 182 Å². The molecule has 3 fully saturated rings. The number of anilines is 2. The fraction of sp³-hybridized carbons (Fsp3) is 0.660. The highest BCUT2D eigenvalue weighted by molar-refractivity contribution is 6.39. The van der Waals surface area contributed by atoms with Crippen molar-refractivity contribution in [3.05, 3.63) is 107 Å². The molecule has 2 bridgehead atoms. The van der Waals surface area contributed by atoms with E-state index in [9.17, 15) is 43.8 Å². The Morgan fingerprint density at radius 2 is 1.42 bits per heavy atom. The summed E-state index contributed by atoms with van der Waals surface area (Å²) < 4.78 is 85.0. The molecule has 1 saturated carbocycles. The molecule has 722 valence electrons. The van der Waals surface area contributed by atoms with Gasteiger partial charge in [-0.3, -0.25) is 28.8 Å². The molecule has 7 heterocycles. The van der Waals surface area contributed by atoms with Crippen LogP contribution in [0.25, 0.3) is 33.4 Å². The van der Waals surface area contributed by atoms with Gasteiger partial charge in [-0.15, -0.1) is 0 Å². The zero-order valence-corrected chi connectivity index (χ0v) is 79.0. The van der Waals surface area contributed by atoms with Crippen molar-refractivity contribution in [1.29, 1.82) is 0 Å². The lowest BCUT2D eigenvalue weighted by Crippen LogP contribution is -2.61. The van der Waals surface area contributed by atoms with Crippen LogP contribution in [0.4, 0.5) is 11.8 Å². The minimum atomic E-state index is -2.45. The summed E-state index contributed by atoms with van der Waals surface area (Å²) in [5.41, 5.74) is 20.0. The number of carbonyl (C=O) groups excluding carboxylic acids is 7. The van der Waals surface area contributed by atoms with E-state index in [-0.39, 0.29) is 85.7 Å². The number of ether oxygens (including phenoxy) is 14. The van der Waals surface area contributed by atoms with E-state index in [1.165, 1.54) is 23.9 Å². The average molecular weight is 1820 g/mol. The Labute approximate surface area is 766 Å². The average Bonchev–Trinajstić information content (AvgIpc) is 1.59. The van der Waals surface area contributed by atoms with E-state index in [1.54, 1.807) is 48.2 Å². The van der Waals surface area contributed by atoms with Crippen LogP contribution in [-0.4, -0.2) is 281 Å². The molecule has 3 aromatic heterocycles. The lowest BCUT2D eigenvalue weighted by atomic mass is 9.78. The number of rotatable bonds is 35. The number of nitrogens with zero attached hydrogens (tertiary/aromatic N) is 7. The first-order valence-corrected chi connectivity index (χ1v) is 46.3. The largest absolute Gasteiger partial charge is 0.460 e. The molecule has 130 heavy (non-hydrogen) atoms. The molecule has 5 aliphatic rings. The second kappa shape index (κ2) is 55.8. The van der Waals surface area contributed by atoms with Gasteiger partial charge in [-0.25, -0.2) is 19.4 Å². The van der Waals surface area contributed by atoms with Gasteiger partial charge in [-0.1, -0.05) is 96.2 Å². The Bertz CT molecular complexity index is 4480. The van der Waals surface area contributed by atoms with Crippen LogP contribution >= 0.6 is 0 Å². The van der Waals surface area contributed by atoms with E-state index < -0.39 is 83.9 Å². The van der Waals surface area contributed by atoms with E-state index in [4.69, 9.17) is 87.3 Å². The number of carbonyl (C=O) groups is 7. The first kappa shape index (κ1) is 107. The second-order valence-corrected chi connectivity index (χ2v) is 34.4. The molecule has 15 atom stereocenters. The number of aromatic nitrogens is 5. The number of aliphatic hydroxyl groups is 2. The summed E-state index contributed by atoms with van der Waals surface area (Å²) in [7, 11) is 6.11. The lowest BCUT2D eigenvalue weighted by molar-refractivity contribution is -0.265. The van der Waals surface area contributed by atoms with Crippen molar-refractivity contribution in [2.24, 2.45) is 35.5 Å². The fourth-order valence-electron chi connectivity index (χ4n) is 17.0. The second-order valence-electron chi connectivity index (χ2n) is 34.4. The summed E-state index contributed by atoms with van der Waals surface area (Å²) >= 11 is 0. The number of benzene rings is 2. The van der Waals surface area contributed by atoms with Crippen molar-refractivity contribution in [1.82, 2.24) is 34.5 Å². The Hall–Kier alpha value is -8.65. The van der Waals surface area contributed by atoms with E-state index >= 15 is 0 Å². The van der Waals surface area contributed by atoms with E-state index in [0.29, 0.717) is 209 Å². The van der Waals surface area contributed by atoms with Gasteiger partial charge in [0.2, 0.25) is 11.7 Å². The van der Waals surface area contributed by atoms with Gasteiger partial charge >= 0.3 is 11.9 Å². The number of methoxy groups -OCH3 is 4. The van der Waals surface area contributed by atoms with Crippen LogP contribution in [0.15, 0.2) is 94.7 Å². The zero-order chi connectivity index (χ0) is 94.2. The molecule has 10 rings (SSSR count). The van der Waals surface area contributed by atoms with E-state index in [1.807, 2.05) is 99.7 Å². The highest BCUT2D eigenvalue weighted by atomic mass is 16.6. The fourth-order valence-corrected chi connectivity index (χ4v) is 17.0. The quantitative estimate of drug-likeness (QED) is 0.0127. The molecule has 0 unspecified atom stereocenters. The molecular formula is C97H145N9O24. The maximum absolute atomic E-state index is 14.5. The summed E-state index contributed by atoms with van der Waals surface area (Å²) in [6.07, 6.45) is 15.0. The van der Waals surface area contributed by atoms with Crippen molar-refractivity contribution >= 4 is 75.1 Å². The molecular weight excluding hydrogens is 1680 g/mol. The van der Waals surface area contributed by atoms with Gasteiger partial charge in [0.25, 0.3) is 17.7 Å². The first-order chi connectivity index (χ1) is 62.6. The Balaban J connectivity index is 0.000000296. The number of fused-ring (bicyclic) bond motifs is 6. The lowest BCUT2D eigenvalue weighted by Gasteiger charge is -2.42. The number of oxazole rings is 1. The number of amides is 2. The predicted octanol–water partition coefficient (Wildman–Crippen LogP) is 11.4. The van der Waals surface area contributed by atoms with E-state index in [2.05, 4.69) is 40.1 Å². The number of cyclic esters (lactones) is 1. The number of piperidine rings is 1. The van der Waals surface area contributed by atoms with Gasteiger partial charge in [0.05, 0.1) is 96.3 Å². The van der Waals surface area contributed by atoms with Crippen molar-refractivity contribution in [2.75, 3.05) is 152 Å². The van der Waals surface area contributed by atoms with Crippen LogP contribution in [0, 0.1) is 35.5 Å². The number of Topliss-reactive ketones (excluding diaryl/α,β-unsaturated/α-hetero) is 3. The molecule has 0 radical (unpaired) electrons. The van der Waals surface area contributed by atoms with E-state index in [0.717, 1.165) is 48.3 Å². The van der Waals surface area contributed by atoms with Crippen LogP contribution in [0.2, 0.25) is 0 Å². The van der Waals surface area contributed by atoms with Gasteiger partial charge in [-0.2, -0.15) is 10.1 Å². The van der Waals surface area contributed by atoms with Crippen molar-refractivity contribution in [3.8, 4) is 11.3 Å². The monoisotopic (exact) mass is 1820 g/mol. The molecule has 2 aromatic carbocycles. The van der Waals surface area contributed by atoms with Crippen LogP contribution < -0.4 is 11.5 Å². The minimum absolute atomic E-state index is 0.00669. The van der Waals surface area contributed by atoms with Crippen LogP contribution in [-0.2, 0) is 119 Å². The molecule has 2 amide bonds. The maximum atomic E-state index is 14.5. The van der Waals surface area contributed by atoms with Gasteiger partial charge in [0.15, 0.2) is 17.0 Å². The van der Waals surface area contributed by atoms with Crippen molar-refractivity contribution in [2.45, 2.75) is 240 Å². The summed E-state index contributed by atoms with van der Waals surface area (Å²) in [5, 5.41) is 29.1. The van der Waals surface area contributed by atoms with Crippen LogP contribution in [0.3, 0.4) is 0 Å². The van der Waals surface area contributed by atoms with Gasteiger partial charge in [0, 0.05) is 117 Å². The van der Waals surface area contributed by atoms with Gasteiger partial charge < -0.3 is 102 Å². The molecule has 1 aliphatic carbocycles. The number of nitrogen functional groups attached to an aromatic ring is 2. The number of allylic oxidation sites excluding steroid dienone is 6. The Kier molecular flexibility index (Phi) is 45.8. The smallest absolute Gasteiger partial charge is 0.329 e. The van der Waals surface area contributed by atoms with Crippen molar-refractivity contribution in [3.63, 3.8) is 0 Å². The first-order valence-electron chi connectivity index (χ1n) is 46.3. The normalized spacial score (nSPS) is 26.4. The number of esters is 2. The summed E-state index contributed by atoms with van der Waals surface area (Å²) in [6, 6.07) is 10.8. The molecule has 33 heteroatoms. The number of hydrogen-bond donors (Lipinski definition) is 4. The Morgan fingerprint density at radius 3 is 2.09 bits per heavy atom. The third-order valence-electron chi connectivity index (χ3n) is 24.5. The molecule has 4 aliphatic heterocycles. The predicted molar refractivity (Wildman–Crippen MR) is 489 cm³/mol.